The molecule has 1 saturated heterocycles. The molecule has 2 aromatic rings. The number of H-pyrrole nitrogens is 1. The minimum absolute atomic E-state index is 0.0552. The predicted octanol–water partition coefficient (Wildman–Crippen LogP) is 2.44. The number of benzene rings is 1. The van der Waals surface area contributed by atoms with Crippen LogP contribution >= 0.6 is 0 Å². The maximum Gasteiger partial charge on any atom is 0.227 e. The van der Waals surface area contributed by atoms with Gasteiger partial charge in [-0.3, -0.25) is 9.89 Å². The van der Waals surface area contributed by atoms with Gasteiger partial charge in [-0.2, -0.15) is 5.10 Å². The molecule has 1 fully saturated rings. The first-order chi connectivity index (χ1) is 10.7. The van der Waals surface area contributed by atoms with Crippen LogP contribution in [0.5, 0.6) is 0 Å². The Morgan fingerprint density at radius 1 is 1.45 bits per heavy atom. The Hall–Kier alpha value is -2.86. The maximum absolute atomic E-state index is 12.1. The Balaban J connectivity index is 1.75. The van der Waals surface area contributed by atoms with E-state index >= 15 is 0 Å². The lowest BCUT2D eigenvalue weighted by Gasteiger charge is -2.16. The van der Waals surface area contributed by atoms with Gasteiger partial charge in [0.15, 0.2) is 5.82 Å². The lowest BCUT2D eigenvalue weighted by atomic mass is 10.1. The van der Waals surface area contributed by atoms with Gasteiger partial charge in [-0.1, -0.05) is 5.11 Å². The van der Waals surface area contributed by atoms with Crippen molar-refractivity contribution in [1.82, 2.24) is 15.2 Å². The Labute approximate surface area is 126 Å². The van der Waals surface area contributed by atoms with Crippen molar-refractivity contribution in [2.24, 2.45) is 11.0 Å². The second kappa shape index (κ2) is 5.87. The topological polar surface area (TPSA) is 111 Å². The van der Waals surface area contributed by atoms with Crippen LogP contribution < -0.4 is 4.90 Å². The number of aryl methyl sites for hydroxylation is 1. The van der Waals surface area contributed by atoms with Gasteiger partial charge in [-0.15, -0.1) is 0 Å². The molecule has 1 N–H and O–H groups in total. The number of aromatic nitrogens is 3. The molecule has 1 aromatic carbocycles. The van der Waals surface area contributed by atoms with Crippen molar-refractivity contribution >= 4 is 11.6 Å². The van der Waals surface area contributed by atoms with Crippen molar-refractivity contribution in [3.05, 3.63) is 40.5 Å². The number of amides is 1. The van der Waals surface area contributed by atoms with E-state index in [-0.39, 0.29) is 11.8 Å². The van der Waals surface area contributed by atoms with Gasteiger partial charge in [-0.25, -0.2) is 4.98 Å². The van der Waals surface area contributed by atoms with Crippen LogP contribution in [0.3, 0.4) is 0 Å². The van der Waals surface area contributed by atoms with E-state index in [1.165, 1.54) is 0 Å². The van der Waals surface area contributed by atoms with Gasteiger partial charge in [0.2, 0.25) is 5.91 Å². The first-order valence-electron chi connectivity index (χ1n) is 6.98. The summed E-state index contributed by atoms with van der Waals surface area (Å²) in [5.41, 5.74) is 10.1. The highest BCUT2D eigenvalue weighted by molar-refractivity contribution is 5.95. The van der Waals surface area contributed by atoms with Crippen molar-refractivity contribution in [1.29, 1.82) is 0 Å². The van der Waals surface area contributed by atoms with Gasteiger partial charge in [0, 0.05) is 35.7 Å². The number of anilines is 1. The zero-order valence-corrected chi connectivity index (χ0v) is 12.1. The summed E-state index contributed by atoms with van der Waals surface area (Å²) in [4.78, 5) is 20.8. The minimum atomic E-state index is 0.0552. The van der Waals surface area contributed by atoms with Gasteiger partial charge in [0.1, 0.15) is 5.82 Å². The molecule has 1 unspecified atom stereocenters. The van der Waals surface area contributed by atoms with E-state index in [1.54, 1.807) is 4.90 Å². The van der Waals surface area contributed by atoms with Crippen molar-refractivity contribution in [3.63, 3.8) is 0 Å². The number of carbonyl (C=O) groups is 1. The Morgan fingerprint density at radius 3 is 2.86 bits per heavy atom. The first-order valence-corrected chi connectivity index (χ1v) is 6.98. The number of hydrogen-bond acceptors (Lipinski definition) is 4. The molecule has 8 nitrogen and oxygen atoms in total. The SMILES string of the molecule is Cc1nc(-c2ccc(N3CC(CN=[N+]=[N-])CC3=O)cc2)n[nH]1. The molecule has 1 atom stereocenters. The van der Waals surface area contributed by atoms with Gasteiger partial charge < -0.3 is 4.90 Å². The fraction of sp³-hybridized carbons (Fsp3) is 0.357. The van der Waals surface area contributed by atoms with Gasteiger partial charge in [0.25, 0.3) is 0 Å². The van der Waals surface area contributed by atoms with Crippen LogP contribution in [-0.4, -0.2) is 34.2 Å². The van der Waals surface area contributed by atoms with Crippen molar-refractivity contribution in [2.75, 3.05) is 18.0 Å². The molecule has 1 amide bonds. The summed E-state index contributed by atoms with van der Waals surface area (Å²) in [6, 6.07) is 7.56. The third kappa shape index (κ3) is 2.77. The smallest absolute Gasteiger partial charge is 0.227 e. The molecule has 0 bridgehead atoms. The number of azide groups is 1. The molecule has 1 aliphatic rings. The van der Waals surface area contributed by atoms with Crippen LogP contribution in [0.4, 0.5) is 5.69 Å². The van der Waals surface area contributed by atoms with E-state index in [9.17, 15) is 4.79 Å². The first kappa shape index (κ1) is 14.1. The van der Waals surface area contributed by atoms with E-state index in [0.29, 0.717) is 25.3 Å². The molecular formula is C14H15N7O. The summed E-state index contributed by atoms with van der Waals surface area (Å²) in [5.74, 6) is 1.53. The molecule has 1 aromatic heterocycles. The summed E-state index contributed by atoms with van der Waals surface area (Å²) in [5, 5.41) is 10.5. The van der Waals surface area contributed by atoms with Crippen molar-refractivity contribution in [3.8, 4) is 11.4 Å². The minimum Gasteiger partial charge on any atom is -0.312 e. The van der Waals surface area contributed by atoms with Crippen LogP contribution in [0.15, 0.2) is 29.4 Å². The van der Waals surface area contributed by atoms with E-state index in [4.69, 9.17) is 5.53 Å². The summed E-state index contributed by atoms with van der Waals surface area (Å²) >= 11 is 0. The molecule has 3 rings (SSSR count). The molecule has 22 heavy (non-hydrogen) atoms. The van der Waals surface area contributed by atoms with E-state index in [1.807, 2.05) is 31.2 Å². The molecule has 0 saturated carbocycles. The number of nitrogens with zero attached hydrogens (tertiary/aromatic N) is 6. The van der Waals surface area contributed by atoms with Gasteiger partial charge in [0.05, 0.1) is 0 Å². The van der Waals surface area contributed by atoms with Gasteiger partial charge >= 0.3 is 0 Å². The van der Waals surface area contributed by atoms with E-state index in [0.717, 1.165) is 17.1 Å². The zero-order valence-electron chi connectivity index (χ0n) is 12.1. The van der Waals surface area contributed by atoms with Crippen LogP contribution in [0, 0.1) is 12.8 Å². The summed E-state index contributed by atoms with van der Waals surface area (Å²) in [7, 11) is 0. The quantitative estimate of drug-likeness (QED) is 0.531. The number of carbonyl (C=O) groups excluding carboxylic acids is 1. The third-order valence-corrected chi connectivity index (χ3v) is 3.64. The molecular weight excluding hydrogens is 282 g/mol. The number of hydrogen-bond donors (Lipinski definition) is 1. The molecule has 0 aliphatic carbocycles. The van der Waals surface area contributed by atoms with E-state index in [2.05, 4.69) is 25.2 Å². The standard InChI is InChI=1S/C14H15N7O/c1-9-17-14(19-18-9)11-2-4-12(5-3-11)21-8-10(6-13(21)22)7-16-20-15/h2-5,10H,6-8H2,1H3,(H,17,18,19). The predicted molar refractivity (Wildman–Crippen MR) is 81.0 cm³/mol. The maximum atomic E-state index is 12.1. The third-order valence-electron chi connectivity index (χ3n) is 3.64. The van der Waals surface area contributed by atoms with Crippen LogP contribution in [-0.2, 0) is 4.79 Å². The fourth-order valence-electron chi connectivity index (χ4n) is 2.57. The Bertz CT molecular complexity index is 730. The second-order valence-corrected chi connectivity index (χ2v) is 5.28. The normalized spacial score (nSPS) is 17.6. The average molecular weight is 297 g/mol. The summed E-state index contributed by atoms with van der Waals surface area (Å²) in [6.07, 6.45) is 0.418. The number of rotatable bonds is 4. The highest BCUT2D eigenvalue weighted by Gasteiger charge is 2.29. The lowest BCUT2D eigenvalue weighted by Crippen LogP contribution is -2.24. The lowest BCUT2D eigenvalue weighted by molar-refractivity contribution is -0.117. The Morgan fingerprint density at radius 2 is 2.23 bits per heavy atom. The zero-order chi connectivity index (χ0) is 15.5. The summed E-state index contributed by atoms with van der Waals surface area (Å²) < 4.78 is 0. The van der Waals surface area contributed by atoms with E-state index < -0.39 is 0 Å². The van der Waals surface area contributed by atoms with Crippen LogP contribution in [0.2, 0.25) is 0 Å². The van der Waals surface area contributed by atoms with Crippen LogP contribution in [0.25, 0.3) is 21.8 Å². The van der Waals surface area contributed by atoms with Crippen molar-refractivity contribution in [2.45, 2.75) is 13.3 Å². The average Bonchev–Trinajstić information content (AvgIpc) is 3.11. The highest BCUT2D eigenvalue weighted by atomic mass is 16.2. The van der Waals surface area contributed by atoms with Crippen molar-refractivity contribution < 1.29 is 4.79 Å². The molecule has 0 spiro atoms. The molecule has 0 radical (unpaired) electrons. The molecule has 112 valence electrons. The Kier molecular flexibility index (Phi) is 3.76. The number of aromatic amines is 1. The van der Waals surface area contributed by atoms with Crippen LogP contribution in [0.1, 0.15) is 12.2 Å². The largest absolute Gasteiger partial charge is 0.312 e. The monoisotopic (exact) mass is 297 g/mol. The highest BCUT2D eigenvalue weighted by Crippen LogP contribution is 2.27. The number of nitrogens with one attached hydrogen (secondary N) is 1. The van der Waals surface area contributed by atoms with Gasteiger partial charge in [-0.05, 0) is 42.6 Å². The fourth-order valence-corrected chi connectivity index (χ4v) is 2.57. The molecule has 2 heterocycles. The molecule has 1 aliphatic heterocycles. The summed E-state index contributed by atoms with van der Waals surface area (Å²) in [6.45, 7) is 2.78. The second-order valence-electron chi connectivity index (χ2n) is 5.28. The molecule has 8 heteroatoms.